The minimum atomic E-state index is -0.616. The maximum Gasteiger partial charge on any atom is 0.330 e. The lowest BCUT2D eigenvalue weighted by atomic mass is 10.3. The molecular weight excluding hydrogens is 607 g/mol. The van der Waals surface area contributed by atoms with Gasteiger partial charge in [0.05, 0.1) is 28.4 Å². The first kappa shape index (κ1) is 33.5. The van der Waals surface area contributed by atoms with Crippen molar-refractivity contribution in [3.63, 3.8) is 0 Å². The zero-order valence-electron chi connectivity index (χ0n) is 25.1. The summed E-state index contributed by atoms with van der Waals surface area (Å²) in [6, 6.07) is 25.0. The topological polar surface area (TPSA) is 145 Å². The second kappa shape index (κ2) is 17.8. The number of rotatable bonds is 16. The van der Waals surface area contributed by atoms with Crippen molar-refractivity contribution >= 4 is 46.1 Å². The lowest BCUT2D eigenvalue weighted by molar-refractivity contribution is -0.139. The number of azo groups is 3. The van der Waals surface area contributed by atoms with Gasteiger partial charge in [-0.05, 0) is 84.9 Å². The number of carbonyl (C=O) groups is 2. The molecule has 0 fully saturated rings. The van der Waals surface area contributed by atoms with Crippen molar-refractivity contribution < 1.29 is 32.9 Å². The molecule has 0 unspecified atom stereocenters. The van der Waals surface area contributed by atoms with Crippen LogP contribution in [0.3, 0.4) is 0 Å². The standard InChI is InChI=1S/C34H29FN6O6/c1-3-33(42)46-21-19-44-29-15-13-28(14-16-29)39-38-25-7-5-24(6-8-25)36-37-26-9-11-27(12-10-26)40-41-32-18-17-30(23-31(32)35)45-20-22-47-34(43)4-2/h3-18,23H,1-2,19-22H2. The van der Waals surface area contributed by atoms with E-state index in [1.807, 2.05) is 0 Å². The van der Waals surface area contributed by atoms with Crippen LogP contribution in [-0.2, 0) is 19.1 Å². The molecule has 0 amide bonds. The molecular formula is C34H29FN6O6. The van der Waals surface area contributed by atoms with E-state index >= 15 is 0 Å². The summed E-state index contributed by atoms with van der Waals surface area (Å²) in [6.45, 7) is 7.06. The Morgan fingerprint density at radius 3 is 1.30 bits per heavy atom. The van der Waals surface area contributed by atoms with Crippen LogP contribution in [0.1, 0.15) is 0 Å². The van der Waals surface area contributed by atoms with Crippen LogP contribution >= 0.6 is 0 Å². The second-order valence-electron chi connectivity index (χ2n) is 9.18. The lowest BCUT2D eigenvalue weighted by Crippen LogP contribution is -2.10. The van der Waals surface area contributed by atoms with E-state index < -0.39 is 17.8 Å². The molecule has 4 aromatic rings. The third kappa shape index (κ3) is 11.6. The number of benzene rings is 4. The Bertz CT molecular complexity index is 1760. The van der Waals surface area contributed by atoms with Crippen LogP contribution < -0.4 is 9.47 Å². The molecule has 238 valence electrons. The van der Waals surface area contributed by atoms with E-state index in [0.29, 0.717) is 34.2 Å². The molecule has 0 aliphatic carbocycles. The number of ether oxygens (including phenoxy) is 4. The number of esters is 2. The van der Waals surface area contributed by atoms with Crippen LogP contribution in [0.25, 0.3) is 0 Å². The van der Waals surface area contributed by atoms with Gasteiger partial charge in [0.15, 0.2) is 5.82 Å². The van der Waals surface area contributed by atoms with Crippen molar-refractivity contribution in [3.05, 3.63) is 122 Å². The van der Waals surface area contributed by atoms with Crippen LogP contribution in [0, 0.1) is 5.82 Å². The average Bonchev–Trinajstić information content (AvgIpc) is 3.11. The highest BCUT2D eigenvalue weighted by atomic mass is 19.1. The van der Waals surface area contributed by atoms with Crippen LogP contribution in [0.4, 0.5) is 38.5 Å². The highest BCUT2D eigenvalue weighted by Gasteiger charge is 2.05. The molecule has 0 N–H and O–H groups in total. The van der Waals surface area contributed by atoms with E-state index in [4.69, 9.17) is 18.9 Å². The highest BCUT2D eigenvalue weighted by Crippen LogP contribution is 2.28. The van der Waals surface area contributed by atoms with Crippen LogP contribution in [0.15, 0.2) is 147 Å². The van der Waals surface area contributed by atoms with Crippen LogP contribution in [-0.4, -0.2) is 38.4 Å². The molecule has 4 rings (SSSR count). The molecule has 0 spiro atoms. The van der Waals surface area contributed by atoms with Gasteiger partial charge in [0.2, 0.25) is 0 Å². The molecule has 0 saturated heterocycles. The summed E-state index contributed by atoms with van der Waals surface area (Å²) in [6.07, 6.45) is 2.14. The van der Waals surface area contributed by atoms with Crippen LogP contribution in [0.5, 0.6) is 11.5 Å². The van der Waals surface area contributed by atoms with E-state index in [1.54, 1.807) is 72.8 Å². The summed E-state index contributed by atoms with van der Waals surface area (Å²) in [7, 11) is 0. The fourth-order valence-corrected chi connectivity index (χ4v) is 3.50. The summed E-state index contributed by atoms with van der Waals surface area (Å²) >= 11 is 0. The summed E-state index contributed by atoms with van der Waals surface area (Å²) in [5.41, 5.74) is 3.01. The Morgan fingerprint density at radius 2 is 0.894 bits per heavy atom. The molecule has 4 aromatic carbocycles. The monoisotopic (exact) mass is 636 g/mol. The molecule has 0 bridgehead atoms. The summed E-state index contributed by atoms with van der Waals surface area (Å²) in [4.78, 5) is 22.1. The van der Waals surface area contributed by atoms with E-state index in [9.17, 15) is 14.0 Å². The summed E-state index contributed by atoms with van der Waals surface area (Å²) < 4.78 is 34.9. The first-order valence-electron chi connectivity index (χ1n) is 14.1. The minimum absolute atomic E-state index is 0.0129. The Morgan fingerprint density at radius 1 is 0.532 bits per heavy atom. The van der Waals surface area contributed by atoms with Crippen LogP contribution in [0.2, 0.25) is 0 Å². The Labute approximate surface area is 269 Å². The van der Waals surface area contributed by atoms with Gasteiger partial charge in [0.1, 0.15) is 43.6 Å². The predicted octanol–water partition coefficient (Wildman–Crippen LogP) is 9.29. The van der Waals surface area contributed by atoms with E-state index in [0.717, 1.165) is 12.2 Å². The van der Waals surface area contributed by atoms with Crippen molar-refractivity contribution in [2.45, 2.75) is 0 Å². The predicted molar refractivity (Wildman–Crippen MR) is 172 cm³/mol. The molecule has 13 heteroatoms. The zero-order chi connectivity index (χ0) is 33.3. The fraction of sp³-hybridized carbons (Fsp3) is 0.118. The number of halogens is 1. The number of hydrogen-bond donors (Lipinski definition) is 0. The first-order valence-corrected chi connectivity index (χ1v) is 14.1. The van der Waals surface area contributed by atoms with Gasteiger partial charge in [0, 0.05) is 18.2 Å². The summed E-state index contributed by atoms with van der Waals surface area (Å²) in [5.74, 6) is -0.795. The maximum atomic E-state index is 14.4. The Balaban J connectivity index is 1.23. The van der Waals surface area contributed by atoms with Gasteiger partial charge in [-0.1, -0.05) is 13.2 Å². The lowest BCUT2D eigenvalue weighted by Gasteiger charge is -2.07. The van der Waals surface area contributed by atoms with Gasteiger partial charge in [-0.25, -0.2) is 14.0 Å². The number of carbonyl (C=O) groups excluding carboxylic acids is 2. The normalized spacial score (nSPS) is 11.1. The fourth-order valence-electron chi connectivity index (χ4n) is 3.50. The third-order valence-electron chi connectivity index (χ3n) is 5.82. The zero-order valence-corrected chi connectivity index (χ0v) is 25.1. The molecule has 12 nitrogen and oxygen atoms in total. The molecule has 0 heterocycles. The maximum absolute atomic E-state index is 14.4. The quantitative estimate of drug-likeness (QED) is 0.0518. The van der Waals surface area contributed by atoms with Crippen molar-refractivity contribution in [2.75, 3.05) is 26.4 Å². The molecule has 0 aliphatic heterocycles. The SMILES string of the molecule is C=CC(=O)OCCOc1ccc(N=Nc2ccc(N=Nc3ccc(N=Nc4ccc(OCCOC(=O)C=C)cc4F)cc3)cc2)cc1. The Hall–Kier alpha value is -6.37. The van der Waals surface area contributed by atoms with Crippen molar-refractivity contribution in [1.82, 2.24) is 0 Å². The molecule has 0 aromatic heterocycles. The molecule has 0 saturated carbocycles. The Kier molecular flexibility index (Phi) is 12.7. The van der Waals surface area contributed by atoms with Crippen molar-refractivity contribution in [3.8, 4) is 11.5 Å². The average molecular weight is 637 g/mol. The van der Waals surface area contributed by atoms with Gasteiger partial charge >= 0.3 is 11.9 Å². The largest absolute Gasteiger partial charge is 0.490 e. The molecule has 0 atom stereocenters. The summed E-state index contributed by atoms with van der Waals surface area (Å²) in [5, 5.41) is 24.9. The van der Waals surface area contributed by atoms with Gasteiger partial charge in [-0.15, -0.1) is 5.11 Å². The van der Waals surface area contributed by atoms with E-state index in [1.165, 1.54) is 18.2 Å². The highest BCUT2D eigenvalue weighted by molar-refractivity contribution is 5.81. The smallest absolute Gasteiger partial charge is 0.330 e. The number of hydrogen-bond acceptors (Lipinski definition) is 12. The second-order valence-corrected chi connectivity index (χ2v) is 9.18. The molecule has 0 aliphatic rings. The first-order chi connectivity index (χ1) is 22.9. The van der Waals surface area contributed by atoms with Gasteiger partial charge < -0.3 is 18.9 Å². The molecule has 47 heavy (non-hydrogen) atoms. The van der Waals surface area contributed by atoms with Gasteiger partial charge in [0.25, 0.3) is 0 Å². The van der Waals surface area contributed by atoms with Crippen molar-refractivity contribution in [1.29, 1.82) is 0 Å². The minimum Gasteiger partial charge on any atom is -0.490 e. The third-order valence-corrected chi connectivity index (χ3v) is 5.82. The van der Waals surface area contributed by atoms with E-state index in [2.05, 4.69) is 43.8 Å². The van der Waals surface area contributed by atoms with Crippen molar-refractivity contribution in [2.24, 2.45) is 30.7 Å². The van der Waals surface area contributed by atoms with Gasteiger partial charge in [-0.3, -0.25) is 0 Å². The molecule has 0 radical (unpaired) electrons. The van der Waals surface area contributed by atoms with Gasteiger partial charge in [-0.2, -0.15) is 25.6 Å². The number of nitrogens with zero attached hydrogens (tertiary/aromatic N) is 6. The van der Waals surface area contributed by atoms with E-state index in [-0.39, 0.29) is 37.9 Å².